The number of halogens is 2. The van der Waals surface area contributed by atoms with Gasteiger partial charge in [-0.2, -0.15) is 5.10 Å². The van der Waals surface area contributed by atoms with Crippen LogP contribution in [0.4, 0.5) is 4.39 Å². The molecule has 1 aromatic heterocycles. The van der Waals surface area contributed by atoms with Crippen molar-refractivity contribution in [3.05, 3.63) is 68.0 Å². The van der Waals surface area contributed by atoms with E-state index < -0.39 is 0 Å². The Labute approximate surface area is 167 Å². The molecular weight excluding hydrogens is 468 g/mol. The Morgan fingerprint density at radius 1 is 1.31 bits per heavy atom. The molecule has 0 atom stereocenters. The fourth-order valence-corrected chi connectivity index (χ4v) is 2.85. The van der Waals surface area contributed by atoms with Gasteiger partial charge in [0, 0.05) is 10.6 Å². The molecule has 3 rings (SSSR count). The van der Waals surface area contributed by atoms with Gasteiger partial charge in [0.05, 0.1) is 22.8 Å². The van der Waals surface area contributed by atoms with Gasteiger partial charge in [0.2, 0.25) is 0 Å². The molecule has 0 unspecified atom stereocenters. The van der Waals surface area contributed by atoms with E-state index in [1.807, 2.05) is 6.07 Å². The van der Waals surface area contributed by atoms with Crippen LogP contribution in [0.1, 0.15) is 5.82 Å². The van der Waals surface area contributed by atoms with Crippen molar-refractivity contribution in [1.82, 2.24) is 20.3 Å². The Morgan fingerprint density at radius 2 is 2.04 bits per heavy atom. The molecule has 0 radical (unpaired) electrons. The zero-order valence-electron chi connectivity index (χ0n) is 13.5. The number of aromatic nitrogens is 2. The molecule has 2 N–H and O–H groups in total. The topological polar surface area (TPSA) is 71.3 Å². The molecule has 0 saturated carbocycles. The number of hydrogen-bond donors (Lipinski definition) is 2. The number of thiocarbonyl (C=S) groups is 1. The average molecular weight is 481 g/mol. The lowest BCUT2D eigenvalue weighted by Crippen LogP contribution is -2.29. The molecule has 0 aliphatic heterocycles. The molecule has 0 spiro atoms. The van der Waals surface area contributed by atoms with Crippen molar-refractivity contribution in [3.63, 3.8) is 0 Å². The molecule has 132 valence electrons. The second-order valence-corrected chi connectivity index (χ2v) is 6.85. The zero-order chi connectivity index (χ0) is 18.7. The maximum absolute atomic E-state index is 13.3. The van der Waals surface area contributed by atoms with Gasteiger partial charge in [-0.1, -0.05) is 0 Å². The van der Waals surface area contributed by atoms with Crippen LogP contribution in [0.5, 0.6) is 0 Å². The van der Waals surface area contributed by atoms with Crippen LogP contribution in [0, 0.1) is 9.39 Å². The third-order valence-electron chi connectivity index (χ3n) is 3.51. The van der Waals surface area contributed by atoms with Crippen LogP contribution in [0.2, 0.25) is 0 Å². The Balaban J connectivity index is 2.22. The fraction of sp³-hybridized carbons (Fsp3) is 0.0588. The van der Waals surface area contributed by atoms with E-state index in [-0.39, 0.29) is 11.4 Å². The summed E-state index contributed by atoms with van der Waals surface area (Å²) < 4.78 is 15.6. The van der Waals surface area contributed by atoms with Crippen molar-refractivity contribution in [1.29, 1.82) is 0 Å². The van der Waals surface area contributed by atoms with Gasteiger partial charge in [-0.3, -0.25) is 14.8 Å². The average Bonchev–Trinajstić information content (AvgIpc) is 2.63. The number of nitrogens with zero attached hydrogens (tertiary/aromatic N) is 3. The Morgan fingerprint density at radius 3 is 2.73 bits per heavy atom. The summed E-state index contributed by atoms with van der Waals surface area (Å²) >= 11 is 7.10. The highest BCUT2D eigenvalue weighted by Crippen LogP contribution is 2.15. The van der Waals surface area contributed by atoms with Gasteiger partial charge in [0.25, 0.3) is 5.56 Å². The second-order valence-electron chi connectivity index (χ2n) is 5.20. The summed E-state index contributed by atoms with van der Waals surface area (Å²) in [4.78, 5) is 17.6. The van der Waals surface area contributed by atoms with E-state index >= 15 is 0 Å². The minimum atomic E-state index is -0.388. The molecule has 2 aromatic carbocycles. The predicted octanol–water partition coefficient (Wildman–Crippen LogP) is 2.56. The number of rotatable bonds is 3. The van der Waals surface area contributed by atoms with E-state index in [2.05, 4.69) is 43.4 Å². The van der Waals surface area contributed by atoms with Crippen LogP contribution < -0.4 is 16.3 Å². The fourth-order valence-electron chi connectivity index (χ4n) is 2.31. The second kappa shape index (κ2) is 7.87. The Hall–Kier alpha value is -2.40. The van der Waals surface area contributed by atoms with Crippen molar-refractivity contribution >= 4 is 57.0 Å². The van der Waals surface area contributed by atoms with E-state index in [4.69, 9.17) is 12.2 Å². The lowest BCUT2D eigenvalue weighted by molar-refractivity contribution is 0.627. The monoisotopic (exact) mass is 481 g/mol. The molecule has 1 heterocycles. The molecule has 6 nitrogen and oxygen atoms in total. The smallest absolute Gasteiger partial charge is 0.266 e. The van der Waals surface area contributed by atoms with Gasteiger partial charge in [-0.05, 0) is 77.3 Å². The third kappa shape index (κ3) is 3.88. The van der Waals surface area contributed by atoms with Crippen molar-refractivity contribution in [2.45, 2.75) is 0 Å². The van der Waals surface area contributed by atoms with Gasteiger partial charge in [-0.15, -0.1) is 0 Å². The Kier molecular flexibility index (Phi) is 5.57. The molecule has 0 aliphatic carbocycles. The summed E-state index contributed by atoms with van der Waals surface area (Å²) in [6, 6.07) is 11.0. The van der Waals surface area contributed by atoms with Crippen molar-refractivity contribution in [2.24, 2.45) is 5.10 Å². The van der Waals surface area contributed by atoms with E-state index in [0.717, 1.165) is 3.57 Å². The van der Waals surface area contributed by atoms with Gasteiger partial charge in [0.1, 0.15) is 5.82 Å². The summed E-state index contributed by atoms with van der Waals surface area (Å²) in [5.41, 5.74) is 3.39. The molecule has 0 saturated heterocycles. The number of fused-ring (bicyclic) bond motifs is 1. The first-order valence-electron chi connectivity index (χ1n) is 7.48. The minimum Gasteiger partial charge on any atom is -0.364 e. The van der Waals surface area contributed by atoms with Crippen LogP contribution in [0.15, 0.2) is 52.4 Å². The first-order chi connectivity index (χ1) is 12.5. The van der Waals surface area contributed by atoms with Crippen molar-refractivity contribution < 1.29 is 4.39 Å². The summed E-state index contributed by atoms with van der Waals surface area (Å²) in [6.07, 6.45) is 1.39. The number of nitrogens with one attached hydrogen (secondary N) is 2. The maximum Gasteiger partial charge on any atom is 0.266 e. The van der Waals surface area contributed by atoms with E-state index in [1.165, 1.54) is 35.0 Å². The first-order valence-corrected chi connectivity index (χ1v) is 8.97. The third-order valence-corrected chi connectivity index (χ3v) is 4.48. The van der Waals surface area contributed by atoms with E-state index in [1.54, 1.807) is 19.2 Å². The lowest BCUT2D eigenvalue weighted by Gasteiger charge is -2.11. The van der Waals surface area contributed by atoms with Crippen LogP contribution in [-0.4, -0.2) is 27.9 Å². The highest BCUT2D eigenvalue weighted by atomic mass is 127. The number of hydrogen-bond acceptors (Lipinski definition) is 4. The van der Waals surface area contributed by atoms with Crippen LogP contribution >= 0.6 is 34.8 Å². The number of hydrazone groups is 1. The summed E-state index contributed by atoms with van der Waals surface area (Å²) in [7, 11) is 1.66. The van der Waals surface area contributed by atoms with E-state index in [0.29, 0.717) is 27.5 Å². The lowest BCUT2D eigenvalue weighted by atomic mass is 10.2. The summed E-state index contributed by atoms with van der Waals surface area (Å²) in [6.45, 7) is 0. The minimum absolute atomic E-state index is 0.266. The van der Waals surface area contributed by atoms with Gasteiger partial charge in [0.15, 0.2) is 10.9 Å². The molecule has 0 fully saturated rings. The first kappa shape index (κ1) is 18.4. The standard InChI is InChI=1S/C17H13FIN5OS/c1-20-17(26)23-21-9-15-22-14-7-4-11(19)8-13(14)16(25)24(15)12-5-2-10(18)3-6-12/h2-9H,1H3,(H2,20,23,26)/b21-9+. The van der Waals surface area contributed by atoms with Crippen LogP contribution in [0.25, 0.3) is 16.6 Å². The molecule has 26 heavy (non-hydrogen) atoms. The maximum atomic E-state index is 13.3. The summed E-state index contributed by atoms with van der Waals surface area (Å²) in [5, 5.41) is 7.53. The quantitative estimate of drug-likeness (QED) is 0.261. The molecule has 0 amide bonds. The SMILES string of the molecule is CNC(=S)N/N=C/c1nc2ccc(I)cc2c(=O)n1-c1ccc(F)cc1. The molecule has 3 aromatic rings. The van der Waals surface area contributed by atoms with Crippen LogP contribution in [-0.2, 0) is 0 Å². The number of benzene rings is 2. The molecule has 0 bridgehead atoms. The van der Waals surface area contributed by atoms with Gasteiger partial charge in [-0.25, -0.2) is 9.37 Å². The zero-order valence-corrected chi connectivity index (χ0v) is 16.5. The normalized spacial score (nSPS) is 11.0. The summed E-state index contributed by atoms with van der Waals surface area (Å²) in [5.74, 6) is -0.0944. The molecule has 0 aliphatic rings. The molecule has 9 heteroatoms. The highest BCUT2D eigenvalue weighted by molar-refractivity contribution is 14.1. The van der Waals surface area contributed by atoms with Gasteiger partial charge >= 0.3 is 0 Å². The van der Waals surface area contributed by atoms with Crippen molar-refractivity contribution in [3.8, 4) is 5.69 Å². The highest BCUT2D eigenvalue weighted by Gasteiger charge is 2.12. The van der Waals surface area contributed by atoms with E-state index in [9.17, 15) is 9.18 Å². The van der Waals surface area contributed by atoms with Crippen LogP contribution in [0.3, 0.4) is 0 Å². The largest absolute Gasteiger partial charge is 0.364 e. The predicted molar refractivity (Wildman–Crippen MR) is 112 cm³/mol. The Bertz CT molecular complexity index is 1070. The molecular formula is C17H13FIN5OS. The van der Waals surface area contributed by atoms with Crippen molar-refractivity contribution in [2.75, 3.05) is 7.05 Å². The van der Waals surface area contributed by atoms with Gasteiger partial charge < -0.3 is 5.32 Å².